The van der Waals surface area contributed by atoms with E-state index in [0.29, 0.717) is 0 Å². The first-order valence-corrected chi connectivity index (χ1v) is 6.43. The zero-order valence-electron chi connectivity index (χ0n) is 8.83. The van der Waals surface area contributed by atoms with Crippen LogP contribution in [0.3, 0.4) is 0 Å². The summed E-state index contributed by atoms with van der Waals surface area (Å²) in [5, 5.41) is 4.62. The fraction of sp³-hybridized carbons (Fsp3) is 0.900. The average molecular weight is 213 g/mol. The number of thioether (sulfide) groups is 1. The molecule has 4 heteroatoms. The highest BCUT2D eigenvalue weighted by molar-refractivity contribution is 8.14. The van der Waals surface area contributed by atoms with Gasteiger partial charge < -0.3 is 10.2 Å². The molecule has 2 rings (SSSR count). The van der Waals surface area contributed by atoms with Crippen LogP contribution in [0.15, 0.2) is 4.99 Å². The number of rotatable bonds is 2. The van der Waals surface area contributed by atoms with Crippen molar-refractivity contribution in [3.63, 3.8) is 0 Å². The van der Waals surface area contributed by atoms with Crippen LogP contribution < -0.4 is 5.32 Å². The number of hydrogen-bond acceptors (Lipinski definition) is 4. The Bertz CT molecular complexity index is 217. The molecule has 1 atom stereocenters. The molecule has 1 fully saturated rings. The Balaban J connectivity index is 1.69. The molecule has 2 heterocycles. The smallest absolute Gasteiger partial charge is 0.156 e. The molecule has 0 radical (unpaired) electrons. The fourth-order valence-corrected chi connectivity index (χ4v) is 2.86. The summed E-state index contributed by atoms with van der Waals surface area (Å²) in [7, 11) is 2.22. The van der Waals surface area contributed by atoms with Gasteiger partial charge in [0.15, 0.2) is 5.17 Å². The summed E-state index contributed by atoms with van der Waals surface area (Å²) >= 11 is 1.86. The molecule has 0 aliphatic carbocycles. The van der Waals surface area contributed by atoms with E-state index >= 15 is 0 Å². The lowest BCUT2D eigenvalue weighted by atomic mass is 9.99. The van der Waals surface area contributed by atoms with Gasteiger partial charge in [0, 0.05) is 18.8 Å². The van der Waals surface area contributed by atoms with E-state index in [1.165, 1.54) is 31.1 Å². The topological polar surface area (TPSA) is 27.6 Å². The number of aliphatic imine (C=N–C) groups is 1. The molecule has 3 nitrogen and oxygen atoms in total. The normalized spacial score (nSPS) is 28.9. The Kier molecular flexibility index (Phi) is 3.70. The van der Waals surface area contributed by atoms with Crippen molar-refractivity contribution in [2.45, 2.75) is 12.8 Å². The van der Waals surface area contributed by atoms with Crippen molar-refractivity contribution in [2.24, 2.45) is 10.9 Å². The first-order chi connectivity index (χ1) is 6.84. The van der Waals surface area contributed by atoms with Crippen LogP contribution in [0, 0.1) is 5.92 Å². The Morgan fingerprint density at radius 3 is 3.29 bits per heavy atom. The number of amidine groups is 1. The molecule has 0 bridgehead atoms. The summed E-state index contributed by atoms with van der Waals surface area (Å²) in [6.07, 6.45) is 2.72. The van der Waals surface area contributed by atoms with E-state index in [1.54, 1.807) is 0 Å². The van der Waals surface area contributed by atoms with Crippen LogP contribution in [0.2, 0.25) is 0 Å². The summed E-state index contributed by atoms with van der Waals surface area (Å²) in [4.78, 5) is 6.82. The standard InChI is InChI=1S/C10H19N3S/c1-13-5-2-3-9(8-13)7-12-10-11-4-6-14-10/h9H,2-8H2,1H3,(H,11,12). The quantitative estimate of drug-likeness (QED) is 0.742. The molecule has 0 spiro atoms. The minimum Gasteiger partial charge on any atom is -0.365 e. The van der Waals surface area contributed by atoms with Crippen LogP contribution in [0.1, 0.15) is 12.8 Å². The van der Waals surface area contributed by atoms with Crippen molar-refractivity contribution < 1.29 is 0 Å². The van der Waals surface area contributed by atoms with Gasteiger partial charge in [0.25, 0.3) is 0 Å². The highest BCUT2D eigenvalue weighted by atomic mass is 32.2. The zero-order chi connectivity index (χ0) is 9.80. The van der Waals surface area contributed by atoms with Crippen LogP contribution >= 0.6 is 11.8 Å². The SMILES string of the molecule is CN1CCCC(CNC2=NCCS2)C1. The molecule has 2 aliphatic rings. The van der Waals surface area contributed by atoms with Gasteiger partial charge in [-0.3, -0.25) is 4.99 Å². The van der Waals surface area contributed by atoms with Gasteiger partial charge in [-0.05, 0) is 32.4 Å². The van der Waals surface area contributed by atoms with Crippen molar-refractivity contribution in [1.82, 2.24) is 10.2 Å². The van der Waals surface area contributed by atoms with Gasteiger partial charge in [-0.2, -0.15) is 0 Å². The molecule has 80 valence electrons. The van der Waals surface area contributed by atoms with E-state index < -0.39 is 0 Å². The van der Waals surface area contributed by atoms with Crippen LogP contribution in [0.4, 0.5) is 0 Å². The molecule has 0 aromatic carbocycles. The average Bonchev–Trinajstić information content (AvgIpc) is 2.67. The summed E-state index contributed by atoms with van der Waals surface area (Å²) in [5.74, 6) is 1.98. The minimum atomic E-state index is 0.817. The second kappa shape index (κ2) is 5.03. The molecule has 14 heavy (non-hydrogen) atoms. The van der Waals surface area contributed by atoms with Crippen molar-refractivity contribution in [3.8, 4) is 0 Å². The predicted octanol–water partition coefficient (Wildman–Crippen LogP) is 1.02. The van der Waals surface area contributed by atoms with Gasteiger partial charge in [0.05, 0.1) is 6.54 Å². The van der Waals surface area contributed by atoms with Crippen LogP contribution in [-0.2, 0) is 0 Å². The van der Waals surface area contributed by atoms with Crippen molar-refractivity contribution in [3.05, 3.63) is 0 Å². The second-order valence-corrected chi connectivity index (χ2v) is 5.27. The molecule has 1 unspecified atom stereocenters. The number of hydrogen-bond donors (Lipinski definition) is 1. The van der Waals surface area contributed by atoms with E-state index in [4.69, 9.17) is 0 Å². The molecule has 0 amide bonds. The molecule has 2 aliphatic heterocycles. The second-order valence-electron chi connectivity index (χ2n) is 4.19. The lowest BCUT2D eigenvalue weighted by Gasteiger charge is -2.29. The van der Waals surface area contributed by atoms with Gasteiger partial charge in [-0.25, -0.2) is 0 Å². The maximum absolute atomic E-state index is 4.39. The third-order valence-electron chi connectivity index (χ3n) is 2.85. The molecule has 0 saturated carbocycles. The lowest BCUT2D eigenvalue weighted by Crippen LogP contribution is -2.38. The van der Waals surface area contributed by atoms with E-state index in [1.807, 2.05) is 11.8 Å². The van der Waals surface area contributed by atoms with Crippen LogP contribution in [0.25, 0.3) is 0 Å². The molecule has 1 saturated heterocycles. The Hall–Kier alpha value is -0.220. The van der Waals surface area contributed by atoms with Crippen molar-refractivity contribution in [2.75, 3.05) is 39.0 Å². The van der Waals surface area contributed by atoms with Crippen LogP contribution in [-0.4, -0.2) is 49.0 Å². The summed E-state index contributed by atoms with van der Waals surface area (Å²) in [5.41, 5.74) is 0. The summed E-state index contributed by atoms with van der Waals surface area (Å²) in [6.45, 7) is 4.62. The Morgan fingerprint density at radius 2 is 2.57 bits per heavy atom. The molecular weight excluding hydrogens is 194 g/mol. The first kappa shape index (κ1) is 10.3. The van der Waals surface area contributed by atoms with Gasteiger partial charge in [0.1, 0.15) is 0 Å². The van der Waals surface area contributed by atoms with Gasteiger partial charge in [-0.15, -0.1) is 0 Å². The highest BCUT2D eigenvalue weighted by Crippen LogP contribution is 2.15. The monoisotopic (exact) mass is 213 g/mol. The predicted molar refractivity (Wildman–Crippen MR) is 63.0 cm³/mol. The molecule has 0 aromatic heterocycles. The third kappa shape index (κ3) is 2.89. The first-order valence-electron chi connectivity index (χ1n) is 5.44. The highest BCUT2D eigenvalue weighted by Gasteiger charge is 2.17. The Morgan fingerprint density at radius 1 is 1.64 bits per heavy atom. The summed E-state index contributed by atoms with van der Waals surface area (Å²) < 4.78 is 0. The van der Waals surface area contributed by atoms with Gasteiger partial charge >= 0.3 is 0 Å². The molecule has 0 aromatic rings. The third-order valence-corrected chi connectivity index (χ3v) is 3.78. The number of nitrogens with zero attached hydrogens (tertiary/aromatic N) is 2. The maximum Gasteiger partial charge on any atom is 0.156 e. The number of piperidine rings is 1. The largest absolute Gasteiger partial charge is 0.365 e. The molecular formula is C10H19N3S. The fourth-order valence-electron chi connectivity index (χ4n) is 2.11. The number of nitrogens with one attached hydrogen (secondary N) is 1. The van der Waals surface area contributed by atoms with E-state index in [0.717, 1.165) is 24.8 Å². The maximum atomic E-state index is 4.39. The zero-order valence-corrected chi connectivity index (χ0v) is 9.65. The van der Waals surface area contributed by atoms with E-state index in [9.17, 15) is 0 Å². The van der Waals surface area contributed by atoms with E-state index in [2.05, 4.69) is 22.3 Å². The lowest BCUT2D eigenvalue weighted by molar-refractivity contribution is 0.211. The van der Waals surface area contributed by atoms with Crippen molar-refractivity contribution in [1.29, 1.82) is 0 Å². The van der Waals surface area contributed by atoms with Crippen LogP contribution in [0.5, 0.6) is 0 Å². The van der Waals surface area contributed by atoms with Gasteiger partial charge in [-0.1, -0.05) is 11.8 Å². The van der Waals surface area contributed by atoms with E-state index in [-0.39, 0.29) is 0 Å². The molecule has 1 N–H and O–H groups in total. The Labute approximate surface area is 90.3 Å². The van der Waals surface area contributed by atoms with Gasteiger partial charge in [0.2, 0.25) is 0 Å². The van der Waals surface area contributed by atoms with Crippen molar-refractivity contribution >= 4 is 16.9 Å². The minimum absolute atomic E-state index is 0.817. The number of likely N-dealkylation sites (tertiary alicyclic amines) is 1. The summed E-state index contributed by atoms with van der Waals surface area (Å²) in [6, 6.07) is 0.